The van der Waals surface area contributed by atoms with Gasteiger partial charge < -0.3 is 19.4 Å². The van der Waals surface area contributed by atoms with E-state index in [1.165, 1.54) is 238 Å². The van der Waals surface area contributed by atoms with Gasteiger partial charge in [-0.25, -0.2) is 4.57 Å². The molecule has 0 rings (SSSR count). The number of phosphoric ester groups is 1. The second-order valence-corrected chi connectivity index (χ2v) is 26.5. The molecule has 0 aliphatic carbocycles. The van der Waals surface area contributed by atoms with Crippen molar-refractivity contribution in [2.24, 2.45) is 0 Å². The molecule has 0 bridgehead atoms. The third-order valence-electron chi connectivity index (χ3n) is 15.8. The first-order valence-corrected chi connectivity index (χ1v) is 36.5. The zero-order valence-electron chi connectivity index (χ0n) is 54.5. The molecule has 0 aliphatic heterocycles. The van der Waals surface area contributed by atoms with Gasteiger partial charge in [-0.3, -0.25) is 18.6 Å². The lowest BCUT2D eigenvalue weighted by Gasteiger charge is -2.27. The van der Waals surface area contributed by atoms with Crippen LogP contribution in [-0.4, -0.2) is 74.3 Å². The second-order valence-electron chi connectivity index (χ2n) is 25.1. The van der Waals surface area contributed by atoms with Crippen molar-refractivity contribution in [3.63, 3.8) is 0 Å². The van der Waals surface area contributed by atoms with Crippen LogP contribution in [-0.2, 0) is 27.9 Å². The van der Waals surface area contributed by atoms with Gasteiger partial charge in [0.25, 0.3) is 0 Å². The number of amides is 1. The lowest BCUT2D eigenvalue weighted by Crippen LogP contribution is -2.47. The zero-order chi connectivity index (χ0) is 59.3. The Morgan fingerprint density at radius 1 is 0.432 bits per heavy atom. The number of phosphoric acid groups is 1. The Morgan fingerprint density at radius 2 is 0.753 bits per heavy atom. The summed E-state index contributed by atoms with van der Waals surface area (Å²) >= 11 is 0. The quantitative estimate of drug-likeness (QED) is 0.0205. The number of allylic oxidation sites excluding steroid dienone is 7. The number of nitrogens with one attached hydrogen (secondary N) is 1. The van der Waals surface area contributed by atoms with Crippen molar-refractivity contribution >= 4 is 19.7 Å². The van der Waals surface area contributed by atoms with Crippen LogP contribution in [0, 0.1) is 0 Å². The standard InChI is InChI=1S/C71H135N2O7P/c1-7-10-13-16-19-22-25-27-29-31-32-33-34-35-36-37-38-39-40-42-43-45-48-51-54-57-60-63-70(74)72-68(67-79-81(76,77)78-66-65-73(4,5)6)69(62-59-56-53-50-47-24-21-18-15-12-9-3)80-71(75)64-61-58-55-52-49-46-44-41-30-28-26-23-20-17-14-11-8-2/h19,22,27,29,32-33,59,62,68-69H,7-18,20-21,23-26,28,30-31,34-58,60-61,63-67H2,1-6H3,(H-,72,74,76,77)/p+1/b22-19-,29-27-,33-32-,62-59-. The number of hydrogen-bond donors (Lipinski definition) is 2. The highest BCUT2D eigenvalue weighted by molar-refractivity contribution is 7.47. The van der Waals surface area contributed by atoms with E-state index in [1.54, 1.807) is 0 Å². The van der Waals surface area contributed by atoms with Crippen LogP contribution in [0.2, 0.25) is 0 Å². The van der Waals surface area contributed by atoms with Crippen molar-refractivity contribution in [3.8, 4) is 0 Å². The van der Waals surface area contributed by atoms with Gasteiger partial charge in [-0.15, -0.1) is 0 Å². The summed E-state index contributed by atoms with van der Waals surface area (Å²) in [5, 5.41) is 3.07. The van der Waals surface area contributed by atoms with Crippen LogP contribution in [0.3, 0.4) is 0 Å². The molecule has 0 saturated heterocycles. The highest BCUT2D eigenvalue weighted by Gasteiger charge is 2.30. The van der Waals surface area contributed by atoms with Gasteiger partial charge >= 0.3 is 13.8 Å². The maximum absolute atomic E-state index is 13.6. The number of ether oxygens (including phenoxy) is 1. The molecule has 0 aromatic rings. The molecular formula is C71H136N2O7P+. The van der Waals surface area contributed by atoms with Crippen molar-refractivity contribution in [1.82, 2.24) is 5.32 Å². The second kappa shape index (κ2) is 61.1. The van der Waals surface area contributed by atoms with Crippen molar-refractivity contribution < 1.29 is 37.3 Å². The minimum Gasteiger partial charge on any atom is -0.456 e. The molecule has 1 amide bonds. The molecule has 0 fully saturated rings. The molecule has 476 valence electrons. The summed E-state index contributed by atoms with van der Waals surface area (Å²) in [6, 6.07) is -0.846. The maximum Gasteiger partial charge on any atom is 0.472 e. The highest BCUT2D eigenvalue weighted by atomic mass is 31.2. The van der Waals surface area contributed by atoms with Crippen molar-refractivity contribution in [2.75, 3.05) is 40.9 Å². The van der Waals surface area contributed by atoms with E-state index in [-0.39, 0.29) is 25.1 Å². The van der Waals surface area contributed by atoms with E-state index in [4.69, 9.17) is 13.8 Å². The lowest BCUT2D eigenvalue weighted by atomic mass is 10.0. The van der Waals surface area contributed by atoms with Crippen molar-refractivity contribution in [2.45, 2.75) is 354 Å². The molecule has 0 heterocycles. The lowest BCUT2D eigenvalue weighted by molar-refractivity contribution is -0.870. The molecular weight excluding hydrogens is 1020 g/mol. The molecule has 0 saturated carbocycles. The monoisotopic (exact) mass is 1160 g/mol. The first-order valence-electron chi connectivity index (χ1n) is 35.0. The summed E-state index contributed by atoms with van der Waals surface area (Å²) in [6.45, 7) is 7.03. The minimum atomic E-state index is -4.45. The summed E-state index contributed by atoms with van der Waals surface area (Å²) in [6.07, 6.45) is 76.9. The Morgan fingerprint density at radius 3 is 1.15 bits per heavy atom. The van der Waals surface area contributed by atoms with Gasteiger partial charge in [-0.05, 0) is 70.3 Å². The fourth-order valence-electron chi connectivity index (χ4n) is 10.4. The van der Waals surface area contributed by atoms with Crippen molar-refractivity contribution in [1.29, 1.82) is 0 Å². The fourth-order valence-corrected chi connectivity index (χ4v) is 11.1. The molecule has 81 heavy (non-hydrogen) atoms. The van der Waals surface area contributed by atoms with Crippen LogP contribution in [0.25, 0.3) is 0 Å². The van der Waals surface area contributed by atoms with Gasteiger partial charge in [-0.2, -0.15) is 0 Å². The molecule has 9 nitrogen and oxygen atoms in total. The zero-order valence-corrected chi connectivity index (χ0v) is 55.4. The predicted molar refractivity (Wildman–Crippen MR) is 351 cm³/mol. The predicted octanol–water partition coefficient (Wildman–Crippen LogP) is 22.0. The Hall–Kier alpha value is -2.03. The third kappa shape index (κ3) is 62.3. The molecule has 0 aliphatic rings. The molecule has 3 atom stereocenters. The van der Waals surface area contributed by atoms with Crippen LogP contribution < -0.4 is 5.32 Å². The Bertz CT molecular complexity index is 1520. The summed E-state index contributed by atoms with van der Waals surface area (Å²) < 4.78 is 30.8. The number of rotatable bonds is 64. The van der Waals surface area contributed by atoms with Crippen molar-refractivity contribution in [3.05, 3.63) is 48.6 Å². The molecule has 0 aromatic carbocycles. The van der Waals surface area contributed by atoms with Gasteiger partial charge in [-0.1, -0.05) is 307 Å². The highest BCUT2D eigenvalue weighted by Crippen LogP contribution is 2.43. The molecule has 0 spiro atoms. The molecule has 0 radical (unpaired) electrons. The Labute approximate surface area is 503 Å². The van der Waals surface area contributed by atoms with Crippen LogP contribution in [0.15, 0.2) is 48.6 Å². The number of hydrogen-bond acceptors (Lipinski definition) is 6. The first kappa shape index (κ1) is 79.0. The number of likely N-dealkylation sites (N-methyl/N-ethyl adjacent to an activating group) is 1. The van der Waals surface area contributed by atoms with Gasteiger partial charge in [0, 0.05) is 12.8 Å². The van der Waals surface area contributed by atoms with Crippen LogP contribution in [0.5, 0.6) is 0 Å². The maximum atomic E-state index is 13.6. The summed E-state index contributed by atoms with van der Waals surface area (Å²) in [5.74, 6) is -0.490. The van der Waals surface area contributed by atoms with Gasteiger partial charge in [0.2, 0.25) is 5.91 Å². The number of quaternary nitrogens is 1. The van der Waals surface area contributed by atoms with Gasteiger partial charge in [0.1, 0.15) is 19.3 Å². The van der Waals surface area contributed by atoms with E-state index in [0.29, 0.717) is 23.9 Å². The third-order valence-corrected chi connectivity index (χ3v) is 16.8. The van der Waals surface area contributed by atoms with Crippen LogP contribution >= 0.6 is 7.82 Å². The van der Waals surface area contributed by atoms with E-state index in [9.17, 15) is 19.0 Å². The number of carbonyl (C=O) groups excluding carboxylic acids is 2. The largest absolute Gasteiger partial charge is 0.472 e. The average Bonchev–Trinajstić information content (AvgIpc) is 3.43. The van der Waals surface area contributed by atoms with E-state index in [1.807, 2.05) is 33.3 Å². The molecule has 3 unspecified atom stereocenters. The number of carbonyl (C=O) groups is 2. The SMILES string of the molecule is CCCCC/C=C\C/C=C\C/C=C\CCCCCCCCCCCCCCCCC(=O)NC(COP(=O)(O)OCC[N+](C)(C)C)C(/C=C\CCCCCCCCCCC)OC(=O)CCCCCCCCCCCCCCCCCCC. The van der Waals surface area contributed by atoms with Crippen LogP contribution in [0.4, 0.5) is 0 Å². The van der Waals surface area contributed by atoms with Gasteiger partial charge in [0.15, 0.2) is 0 Å². The Balaban J connectivity index is 4.97. The smallest absolute Gasteiger partial charge is 0.456 e. The Kier molecular flexibility index (Phi) is 59.5. The number of unbranched alkanes of at least 4 members (excludes halogenated alkanes) is 42. The summed E-state index contributed by atoms with van der Waals surface area (Å²) in [5.41, 5.74) is 0. The summed E-state index contributed by atoms with van der Waals surface area (Å²) in [7, 11) is 1.51. The topological polar surface area (TPSA) is 111 Å². The number of nitrogens with zero attached hydrogens (tertiary/aromatic N) is 1. The number of esters is 1. The van der Waals surface area contributed by atoms with E-state index in [0.717, 1.165) is 70.6 Å². The van der Waals surface area contributed by atoms with E-state index < -0.39 is 20.0 Å². The molecule has 2 N–H and O–H groups in total. The normalized spacial score (nSPS) is 13.8. The van der Waals surface area contributed by atoms with Gasteiger partial charge in [0.05, 0.1) is 33.8 Å². The molecule has 0 aromatic heterocycles. The molecule has 10 heteroatoms. The average molecular weight is 1160 g/mol. The summed E-state index contributed by atoms with van der Waals surface area (Å²) in [4.78, 5) is 37.8. The van der Waals surface area contributed by atoms with E-state index in [2.05, 4.69) is 62.5 Å². The van der Waals surface area contributed by atoms with Crippen LogP contribution in [0.1, 0.15) is 342 Å². The minimum absolute atomic E-state index is 0.0422. The first-order chi connectivity index (χ1) is 39.4. The fraction of sp³-hybridized carbons (Fsp3) is 0.859. The van der Waals surface area contributed by atoms with E-state index >= 15 is 0 Å².